The van der Waals surface area contributed by atoms with Crippen LogP contribution >= 0.6 is 0 Å². The normalized spacial score (nSPS) is 11.8. The zero-order chi connectivity index (χ0) is 12.0. The third-order valence-electron chi connectivity index (χ3n) is 2.07. The molecule has 16 heavy (non-hydrogen) atoms. The predicted octanol–water partition coefficient (Wildman–Crippen LogP) is -0.498. The summed E-state index contributed by atoms with van der Waals surface area (Å²) in [5, 5.41) is 8.69. The molecule has 0 fully saturated rings. The Morgan fingerprint density at radius 2 is 2.06 bits per heavy atom. The maximum absolute atomic E-state index is 10.6. The summed E-state index contributed by atoms with van der Waals surface area (Å²) in [5.41, 5.74) is 4.40. The Balaban J connectivity index is 2.57. The van der Waals surface area contributed by atoms with Crippen LogP contribution in [-0.4, -0.2) is 30.0 Å². The molecule has 0 amide bonds. The minimum absolute atomic E-state index is 0.0203. The molecule has 0 aliphatic carbocycles. The highest BCUT2D eigenvalue weighted by Gasteiger charge is 2.15. The molecule has 86 valence electrons. The number of carbonyl (C=O) groups is 2. The molecule has 1 atom stereocenters. The number of carboxylic acids is 1. The van der Waals surface area contributed by atoms with Crippen molar-refractivity contribution >= 4 is 12.3 Å². The van der Waals surface area contributed by atoms with Gasteiger partial charge in [0.2, 0.25) is 0 Å². The smallest absolute Gasteiger partial charge is 0.362 e. The highest BCUT2D eigenvalue weighted by molar-refractivity contribution is 5.71. The van der Waals surface area contributed by atoms with Gasteiger partial charge >= 0.3 is 5.97 Å². The van der Waals surface area contributed by atoms with Gasteiger partial charge in [-0.2, -0.15) is 0 Å². The standard InChI is InChI=1S/C11H13NO4/c12-10(11(14)15)7-8-1-3-9(4-2-8)16-6-5-13/h1-5,10H,6-7,12H2,(H,14,15)/p+1/t10-/m0/s1. The molecule has 0 radical (unpaired) electrons. The molecule has 1 rings (SSSR count). The van der Waals surface area contributed by atoms with Crippen LogP contribution in [0.1, 0.15) is 5.56 Å². The fourth-order valence-electron chi connectivity index (χ4n) is 1.22. The van der Waals surface area contributed by atoms with Crippen LogP contribution in [-0.2, 0) is 16.0 Å². The Kier molecular flexibility index (Phi) is 4.47. The molecule has 0 aliphatic heterocycles. The molecule has 0 saturated heterocycles. The van der Waals surface area contributed by atoms with Crippen molar-refractivity contribution in [2.45, 2.75) is 12.5 Å². The summed E-state index contributed by atoms with van der Waals surface area (Å²) < 4.78 is 5.06. The van der Waals surface area contributed by atoms with E-state index in [2.05, 4.69) is 5.73 Å². The van der Waals surface area contributed by atoms with Crippen LogP contribution < -0.4 is 10.5 Å². The van der Waals surface area contributed by atoms with Crippen LogP contribution in [0.5, 0.6) is 5.75 Å². The Hall–Kier alpha value is -1.88. The fourth-order valence-corrected chi connectivity index (χ4v) is 1.22. The Morgan fingerprint density at radius 1 is 1.44 bits per heavy atom. The van der Waals surface area contributed by atoms with E-state index < -0.39 is 12.0 Å². The maximum Gasteiger partial charge on any atom is 0.362 e. The summed E-state index contributed by atoms with van der Waals surface area (Å²) in [4.78, 5) is 20.7. The average molecular weight is 224 g/mol. The summed E-state index contributed by atoms with van der Waals surface area (Å²) in [5.74, 6) is -0.326. The molecule has 5 heteroatoms. The van der Waals surface area contributed by atoms with E-state index in [1.165, 1.54) is 0 Å². The van der Waals surface area contributed by atoms with Gasteiger partial charge in [-0.05, 0) is 17.7 Å². The first-order valence-electron chi connectivity index (χ1n) is 4.84. The van der Waals surface area contributed by atoms with Crippen molar-refractivity contribution in [1.82, 2.24) is 0 Å². The molecular formula is C11H14NO4+. The Bertz CT molecular complexity index is 361. The summed E-state index contributed by atoms with van der Waals surface area (Å²) >= 11 is 0. The van der Waals surface area contributed by atoms with E-state index >= 15 is 0 Å². The number of hydrogen-bond donors (Lipinski definition) is 2. The van der Waals surface area contributed by atoms with E-state index in [4.69, 9.17) is 9.84 Å². The quantitative estimate of drug-likeness (QED) is 0.637. The molecule has 0 aromatic heterocycles. The minimum atomic E-state index is -0.915. The largest absolute Gasteiger partial charge is 0.486 e. The van der Waals surface area contributed by atoms with E-state index in [1.54, 1.807) is 24.3 Å². The SMILES string of the molecule is [NH3+][C@@H](Cc1ccc(OCC=O)cc1)C(=O)O. The molecule has 0 spiro atoms. The van der Waals surface area contributed by atoms with Gasteiger partial charge in [0.1, 0.15) is 12.4 Å². The van der Waals surface area contributed by atoms with Crippen molar-refractivity contribution in [2.24, 2.45) is 0 Å². The first-order valence-corrected chi connectivity index (χ1v) is 4.84. The zero-order valence-electron chi connectivity index (χ0n) is 8.76. The first kappa shape index (κ1) is 12.2. The van der Waals surface area contributed by atoms with Gasteiger partial charge in [-0.3, -0.25) is 4.79 Å². The summed E-state index contributed by atoms with van der Waals surface area (Å²) in [6, 6.07) is 6.28. The highest BCUT2D eigenvalue weighted by Crippen LogP contribution is 2.12. The van der Waals surface area contributed by atoms with Gasteiger partial charge in [0, 0.05) is 6.42 Å². The Morgan fingerprint density at radius 3 is 2.56 bits per heavy atom. The van der Waals surface area contributed by atoms with Gasteiger partial charge in [0.25, 0.3) is 0 Å². The highest BCUT2D eigenvalue weighted by atomic mass is 16.5. The summed E-state index contributed by atoms with van der Waals surface area (Å²) in [6.45, 7) is 0.0203. The number of benzene rings is 1. The van der Waals surface area contributed by atoms with Gasteiger partial charge in [-0.15, -0.1) is 0 Å². The summed E-state index contributed by atoms with van der Waals surface area (Å²) in [7, 11) is 0. The molecule has 0 bridgehead atoms. The number of hydrogen-bond acceptors (Lipinski definition) is 3. The van der Waals surface area contributed by atoms with Gasteiger partial charge in [-0.25, -0.2) is 4.79 Å². The number of rotatable bonds is 6. The third kappa shape index (κ3) is 3.70. The lowest BCUT2D eigenvalue weighted by molar-refractivity contribution is -0.407. The molecule has 5 nitrogen and oxygen atoms in total. The zero-order valence-corrected chi connectivity index (χ0v) is 8.76. The van der Waals surface area contributed by atoms with E-state index in [0.29, 0.717) is 18.5 Å². The van der Waals surface area contributed by atoms with Crippen molar-refractivity contribution in [3.05, 3.63) is 29.8 Å². The maximum atomic E-state index is 10.6. The van der Waals surface area contributed by atoms with E-state index in [-0.39, 0.29) is 6.61 Å². The van der Waals surface area contributed by atoms with Crippen LogP contribution in [0.25, 0.3) is 0 Å². The fraction of sp³-hybridized carbons (Fsp3) is 0.273. The van der Waals surface area contributed by atoms with E-state index in [0.717, 1.165) is 5.56 Å². The topological polar surface area (TPSA) is 91.2 Å². The number of carboxylic acid groups (broad SMARTS) is 1. The molecule has 0 saturated carbocycles. The van der Waals surface area contributed by atoms with Crippen LogP contribution in [0.15, 0.2) is 24.3 Å². The van der Waals surface area contributed by atoms with Gasteiger partial charge < -0.3 is 15.6 Å². The molecule has 1 aromatic carbocycles. The summed E-state index contributed by atoms with van der Waals surface area (Å²) in [6.07, 6.45) is 1.05. The van der Waals surface area contributed by atoms with Crippen molar-refractivity contribution in [2.75, 3.05) is 6.61 Å². The second-order valence-corrected chi connectivity index (χ2v) is 3.36. The van der Waals surface area contributed by atoms with Crippen molar-refractivity contribution in [3.8, 4) is 5.75 Å². The number of aliphatic carboxylic acids is 1. The molecular weight excluding hydrogens is 210 g/mol. The van der Waals surface area contributed by atoms with Gasteiger partial charge in [-0.1, -0.05) is 12.1 Å². The monoisotopic (exact) mass is 224 g/mol. The molecule has 4 N–H and O–H groups in total. The van der Waals surface area contributed by atoms with Gasteiger partial charge in [0.05, 0.1) is 0 Å². The van der Waals surface area contributed by atoms with Crippen molar-refractivity contribution in [1.29, 1.82) is 0 Å². The third-order valence-corrected chi connectivity index (χ3v) is 2.07. The van der Waals surface area contributed by atoms with E-state index in [1.807, 2.05) is 0 Å². The van der Waals surface area contributed by atoms with Gasteiger partial charge in [0.15, 0.2) is 12.3 Å². The van der Waals surface area contributed by atoms with Crippen molar-refractivity contribution < 1.29 is 25.2 Å². The van der Waals surface area contributed by atoms with Crippen LogP contribution in [0.4, 0.5) is 0 Å². The van der Waals surface area contributed by atoms with Crippen LogP contribution in [0.3, 0.4) is 0 Å². The lowest BCUT2D eigenvalue weighted by Gasteiger charge is -2.05. The first-order chi connectivity index (χ1) is 7.63. The number of aldehydes is 1. The van der Waals surface area contributed by atoms with Crippen LogP contribution in [0.2, 0.25) is 0 Å². The minimum Gasteiger partial charge on any atom is -0.486 e. The number of ether oxygens (including phenoxy) is 1. The Labute approximate surface area is 92.8 Å². The molecule has 0 aliphatic rings. The second-order valence-electron chi connectivity index (χ2n) is 3.36. The molecule has 0 unspecified atom stereocenters. The predicted molar refractivity (Wildman–Crippen MR) is 56.0 cm³/mol. The lowest BCUT2D eigenvalue weighted by Crippen LogP contribution is -2.65. The molecule has 0 heterocycles. The van der Waals surface area contributed by atoms with Crippen molar-refractivity contribution in [3.63, 3.8) is 0 Å². The molecule has 1 aromatic rings. The number of carbonyl (C=O) groups excluding carboxylic acids is 1. The second kappa shape index (κ2) is 5.87. The van der Waals surface area contributed by atoms with Crippen LogP contribution in [0, 0.1) is 0 Å². The lowest BCUT2D eigenvalue weighted by atomic mass is 10.1. The average Bonchev–Trinajstić information content (AvgIpc) is 2.28. The number of quaternary nitrogens is 1. The van der Waals surface area contributed by atoms with E-state index in [9.17, 15) is 9.59 Å².